The van der Waals surface area contributed by atoms with Crippen LogP contribution in [0.5, 0.6) is 0 Å². The number of aromatic nitrogens is 2. The molecule has 3 saturated heterocycles. The standard InChI is InChI=1S/C29H41ClN6OS/c1-21-5-3-13-35(18-21)25-17-26(36-14-4-6-22(2)19-36)33-27(32-25)34-28(38)31-20-29(11-15-37-16-12-29)23-7-9-24(30)10-8-23/h7-10,17,21-22H,3-6,11-16,18-20H2,1-2H3,(H2,31,32,33,34,38)/t21-,22-/m0/s1. The van der Waals surface area contributed by atoms with Crippen molar-refractivity contribution in [2.75, 3.05) is 61.1 Å². The molecule has 0 aliphatic carbocycles. The number of thiocarbonyl (C=S) groups is 1. The average molecular weight is 557 g/mol. The van der Waals surface area contributed by atoms with Crippen LogP contribution in [-0.2, 0) is 10.2 Å². The van der Waals surface area contributed by atoms with Crippen LogP contribution in [0.4, 0.5) is 17.6 Å². The van der Waals surface area contributed by atoms with Crippen LogP contribution in [0.2, 0.25) is 5.02 Å². The second kappa shape index (κ2) is 12.3. The van der Waals surface area contributed by atoms with Crippen molar-refractivity contribution in [2.45, 2.75) is 57.8 Å². The van der Waals surface area contributed by atoms with Gasteiger partial charge in [-0.3, -0.25) is 0 Å². The zero-order valence-electron chi connectivity index (χ0n) is 22.7. The number of anilines is 3. The first-order valence-electron chi connectivity index (χ1n) is 14.2. The molecule has 2 atom stereocenters. The highest BCUT2D eigenvalue weighted by Gasteiger charge is 2.34. The molecule has 0 spiro atoms. The molecule has 4 heterocycles. The Labute approximate surface area is 237 Å². The summed E-state index contributed by atoms with van der Waals surface area (Å²) >= 11 is 12.0. The minimum atomic E-state index is -0.0592. The summed E-state index contributed by atoms with van der Waals surface area (Å²) in [5.41, 5.74) is 1.20. The van der Waals surface area contributed by atoms with Crippen molar-refractivity contribution in [1.82, 2.24) is 15.3 Å². The van der Waals surface area contributed by atoms with Gasteiger partial charge < -0.3 is 25.2 Å². The minimum Gasteiger partial charge on any atom is -0.381 e. The van der Waals surface area contributed by atoms with Gasteiger partial charge in [0.2, 0.25) is 5.95 Å². The van der Waals surface area contributed by atoms with Crippen LogP contribution in [0.1, 0.15) is 57.9 Å². The normalized spacial score (nSPS) is 23.7. The second-order valence-corrected chi connectivity index (χ2v) is 12.3. The van der Waals surface area contributed by atoms with Gasteiger partial charge in [-0.05, 0) is 80.3 Å². The summed E-state index contributed by atoms with van der Waals surface area (Å²) in [7, 11) is 0. The van der Waals surface area contributed by atoms with Gasteiger partial charge in [0.05, 0.1) is 0 Å². The molecule has 1 aromatic heterocycles. The lowest BCUT2D eigenvalue weighted by Crippen LogP contribution is -2.45. The van der Waals surface area contributed by atoms with Crippen molar-refractivity contribution in [3.05, 3.63) is 40.9 Å². The summed E-state index contributed by atoms with van der Waals surface area (Å²) in [6.45, 7) is 11.0. The zero-order valence-corrected chi connectivity index (χ0v) is 24.3. The van der Waals surface area contributed by atoms with Crippen LogP contribution in [-0.4, -0.2) is 61.0 Å². The van der Waals surface area contributed by atoms with Gasteiger partial charge in [-0.1, -0.05) is 37.6 Å². The van der Waals surface area contributed by atoms with Crippen molar-refractivity contribution < 1.29 is 4.74 Å². The van der Waals surface area contributed by atoms with E-state index in [4.69, 9.17) is 38.5 Å². The van der Waals surface area contributed by atoms with E-state index >= 15 is 0 Å². The molecule has 0 bridgehead atoms. The third-order valence-electron chi connectivity index (χ3n) is 8.38. The predicted molar refractivity (Wildman–Crippen MR) is 161 cm³/mol. The highest BCUT2D eigenvalue weighted by molar-refractivity contribution is 7.80. The molecular formula is C29H41ClN6OS. The Balaban J connectivity index is 1.33. The Kier molecular flexibility index (Phi) is 8.91. The summed E-state index contributed by atoms with van der Waals surface area (Å²) in [6, 6.07) is 10.4. The number of nitrogens with one attached hydrogen (secondary N) is 2. The first-order valence-corrected chi connectivity index (χ1v) is 15.0. The number of piperidine rings is 2. The van der Waals surface area contributed by atoms with Crippen LogP contribution < -0.4 is 20.4 Å². The molecule has 3 aliphatic heterocycles. The lowest BCUT2D eigenvalue weighted by Gasteiger charge is -2.38. The number of benzene rings is 1. The first kappa shape index (κ1) is 27.4. The molecule has 2 N–H and O–H groups in total. The average Bonchev–Trinajstić information content (AvgIpc) is 2.93. The number of nitrogens with zero attached hydrogens (tertiary/aromatic N) is 4. The van der Waals surface area contributed by atoms with Gasteiger partial charge in [0.25, 0.3) is 0 Å². The maximum absolute atomic E-state index is 6.18. The van der Waals surface area contributed by atoms with E-state index in [1.165, 1.54) is 31.2 Å². The molecule has 0 amide bonds. The maximum atomic E-state index is 6.18. The highest BCUT2D eigenvalue weighted by atomic mass is 35.5. The number of hydrogen-bond acceptors (Lipinski definition) is 6. The SMILES string of the molecule is C[C@H]1CCCN(c2cc(N3CCC[C@H](C)C3)nc(NC(=S)NCC3(c4ccc(Cl)cc4)CCOCC3)n2)C1. The van der Waals surface area contributed by atoms with Crippen molar-refractivity contribution in [1.29, 1.82) is 0 Å². The third kappa shape index (κ3) is 6.69. The number of halogens is 1. The van der Waals surface area contributed by atoms with E-state index in [0.717, 1.165) is 68.9 Å². The smallest absolute Gasteiger partial charge is 0.232 e. The van der Waals surface area contributed by atoms with Crippen molar-refractivity contribution >= 4 is 46.5 Å². The molecule has 7 nitrogen and oxygen atoms in total. The van der Waals surface area contributed by atoms with E-state index in [2.05, 4.69) is 52.5 Å². The van der Waals surface area contributed by atoms with E-state index in [9.17, 15) is 0 Å². The van der Waals surface area contributed by atoms with Gasteiger partial charge >= 0.3 is 0 Å². The van der Waals surface area contributed by atoms with Gasteiger partial charge in [-0.25, -0.2) is 0 Å². The van der Waals surface area contributed by atoms with Gasteiger partial charge in [0.15, 0.2) is 5.11 Å². The fourth-order valence-corrected chi connectivity index (χ4v) is 6.41. The molecule has 0 unspecified atom stereocenters. The molecule has 0 radical (unpaired) electrons. The van der Waals surface area contributed by atoms with Crippen LogP contribution in [0.15, 0.2) is 30.3 Å². The van der Waals surface area contributed by atoms with Crippen LogP contribution >= 0.6 is 23.8 Å². The van der Waals surface area contributed by atoms with Gasteiger partial charge in [-0.15, -0.1) is 0 Å². The largest absolute Gasteiger partial charge is 0.381 e. The molecule has 3 aliphatic rings. The Morgan fingerprint density at radius 3 is 2.13 bits per heavy atom. The molecule has 206 valence electrons. The van der Waals surface area contributed by atoms with Crippen molar-refractivity contribution in [3.8, 4) is 0 Å². The third-order valence-corrected chi connectivity index (χ3v) is 8.88. The van der Waals surface area contributed by atoms with Crippen molar-refractivity contribution in [3.63, 3.8) is 0 Å². The van der Waals surface area contributed by atoms with Gasteiger partial charge in [0, 0.05) is 62.4 Å². The van der Waals surface area contributed by atoms with E-state index in [1.807, 2.05) is 12.1 Å². The Hall–Kier alpha value is -2.16. The predicted octanol–water partition coefficient (Wildman–Crippen LogP) is 5.64. The van der Waals surface area contributed by atoms with E-state index in [0.29, 0.717) is 29.4 Å². The number of hydrogen-bond donors (Lipinski definition) is 2. The molecule has 2 aromatic rings. The summed E-state index contributed by atoms with van der Waals surface area (Å²) < 4.78 is 5.70. The van der Waals surface area contributed by atoms with E-state index in [1.54, 1.807) is 0 Å². The molecule has 0 saturated carbocycles. The molecule has 9 heteroatoms. The maximum Gasteiger partial charge on any atom is 0.232 e. The van der Waals surface area contributed by atoms with Crippen LogP contribution in [0.3, 0.4) is 0 Å². The molecule has 38 heavy (non-hydrogen) atoms. The zero-order chi connectivity index (χ0) is 26.5. The van der Waals surface area contributed by atoms with Crippen LogP contribution in [0, 0.1) is 11.8 Å². The first-order chi connectivity index (χ1) is 18.4. The lowest BCUT2D eigenvalue weighted by atomic mass is 9.74. The molecule has 5 rings (SSSR count). The van der Waals surface area contributed by atoms with Crippen molar-refractivity contribution in [2.24, 2.45) is 11.8 Å². The summed E-state index contributed by atoms with van der Waals surface area (Å²) in [5, 5.41) is 8.12. The van der Waals surface area contributed by atoms with E-state index < -0.39 is 0 Å². The summed E-state index contributed by atoms with van der Waals surface area (Å²) in [5.74, 6) is 3.89. The Morgan fingerprint density at radius 2 is 1.58 bits per heavy atom. The fraction of sp³-hybridized carbons (Fsp3) is 0.621. The summed E-state index contributed by atoms with van der Waals surface area (Å²) in [4.78, 5) is 14.7. The molecular weight excluding hydrogens is 516 g/mol. The Morgan fingerprint density at radius 1 is 1.00 bits per heavy atom. The molecule has 1 aromatic carbocycles. The molecule has 3 fully saturated rings. The van der Waals surface area contributed by atoms with Crippen LogP contribution in [0.25, 0.3) is 0 Å². The Bertz CT molecular complexity index is 1050. The topological polar surface area (TPSA) is 65.5 Å². The highest BCUT2D eigenvalue weighted by Crippen LogP contribution is 2.35. The number of rotatable bonds is 6. The lowest BCUT2D eigenvalue weighted by molar-refractivity contribution is 0.0515. The summed E-state index contributed by atoms with van der Waals surface area (Å²) in [6.07, 6.45) is 6.80. The second-order valence-electron chi connectivity index (χ2n) is 11.5. The number of ether oxygens (including phenoxy) is 1. The van der Waals surface area contributed by atoms with E-state index in [-0.39, 0.29) is 5.41 Å². The van der Waals surface area contributed by atoms with Gasteiger partial charge in [0.1, 0.15) is 11.6 Å². The van der Waals surface area contributed by atoms with Gasteiger partial charge in [-0.2, -0.15) is 9.97 Å². The quantitative estimate of drug-likeness (QED) is 0.443. The fourth-order valence-electron chi connectivity index (χ4n) is 6.13. The monoisotopic (exact) mass is 556 g/mol. The minimum absolute atomic E-state index is 0.0592.